The zero-order valence-electron chi connectivity index (χ0n) is 77.1. The summed E-state index contributed by atoms with van der Waals surface area (Å²) in [5, 5.41) is 24.7. The predicted molar refractivity (Wildman–Crippen MR) is 591 cm³/mol. The quantitative estimate of drug-likeness (QED) is 0.0981. The second kappa shape index (κ2) is 37.2. The molecule has 0 fully saturated rings. The van der Waals surface area contributed by atoms with Crippen LogP contribution in [0.15, 0.2) is 516 Å². The summed E-state index contributed by atoms with van der Waals surface area (Å²) < 4.78 is 0. The van der Waals surface area contributed by atoms with Crippen molar-refractivity contribution in [1.82, 2.24) is 44.9 Å². The molecule has 142 heavy (non-hydrogen) atoms. The minimum Gasteiger partial charge on any atom is -0.208 e. The number of hydrogen-bond donors (Lipinski definition) is 0. The molecule has 0 unspecified atom stereocenters. The summed E-state index contributed by atoms with van der Waals surface area (Å²) in [4.78, 5) is 45.1. The van der Waals surface area contributed by atoms with E-state index in [4.69, 9.17) is 44.9 Å². The molecule has 0 spiro atoms. The van der Waals surface area contributed by atoms with Crippen molar-refractivity contribution in [3.05, 3.63) is 516 Å². The highest BCUT2D eigenvalue weighted by Crippen LogP contribution is 2.46. The van der Waals surface area contributed by atoms with Crippen LogP contribution < -0.4 is 0 Å². The first kappa shape index (κ1) is 84.6. The van der Waals surface area contributed by atoms with Gasteiger partial charge in [-0.2, -0.15) is 0 Å². The Labute approximate surface area is 820 Å². The van der Waals surface area contributed by atoms with Gasteiger partial charge in [0.15, 0.2) is 52.4 Å². The van der Waals surface area contributed by atoms with E-state index < -0.39 is 0 Å². The van der Waals surface area contributed by atoms with Crippen LogP contribution in [0.25, 0.3) is 266 Å². The van der Waals surface area contributed by atoms with Crippen LogP contribution in [0.2, 0.25) is 0 Å². The van der Waals surface area contributed by atoms with Gasteiger partial charge in [0, 0.05) is 50.1 Å². The normalized spacial score (nSPS) is 11.4. The first-order valence-corrected chi connectivity index (χ1v) is 47.9. The fourth-order valence-corrected chi connectivity index (χ4v) is 20.2. The van der Waals surface area contributed by atoms with E-state index in [9.17, 15) is 0 Å². The number of rotatable bonds is 14. The first-order valence-electron chi connectivity index (χ1n) is 47.9. The lowest BCUT2D eigenvalue weighted by Gasteiger charge is -2.17. The second-order valence-electron chi connectivity index (χ2n) is 35.7. The van der Waals surface area contributed by atoms with Crippen molar-refractivity contribution >= 4 is 108 Å². The van der Waals surface area contributed by atoms with Crippen LogP contribution in [0, 0.1) is 0 Å². The fourth-order valence-electron chi connectivity index (χ4n) is 20.2. The highest BCUT2D eigenvalue weighted by atomic mass is 15.1. The Morgan fingerprint density at radius 2 is 0.345 bits per heavy atom. The third-order valence-electron chi connectivity index (χ3n) is 27.2. The van der Waals surface area contributed by atoms with Gasteiger partial charge < -0.3 is 0 Å². The first-order chi connectivity index (χ1) is 70.4. The largest absolute Gasteiger partial charge is 0.208 e. The van der Waals surface area contributed by atoms with Gasteiger partial charge in [-0.15, -0.1) is 0 Å². The van der Waals surface area contributed by atoms with E-state index in [0.717, 1.165) is 77.7 Å². The van der Waals surface area contributed by atoms with Crippen molar-refractivity contribution < 1.29 is 0 Å². The average Bonchev–Trinajstić information content (AvgIpc) is 0.530. The van der Waals surface area contributed by atoms with Gasteiger partial charge in [0.2, 0.25) is 0 Å². The van der Waals surface area contributed by atoms with Gasteiger partial charge in [0.1, 0.15) is 0 Å². The Morgan fingerprint density at radius 3 is 0.810 bits per heavy atom. The molecule has 0 radical (unpaired) electrons. The third kappa shape index (κ3) is 16.4. The molecule has 9 nitrogen and oxygen atoms in total. The summed E-state index contributed by atoms with van der Waals surface area (Å²) in [6, 6.07) is 181. The SMILES string of the molecule is c1ccc(-c2nc(-c3ccc(-c4ccccc4-c4ccccc4)cc3)nc(-c3ccc4ccc5c6ccccc6ccc5c4c3)n2)cc1.c1ccc(-c2nc(-c3ccccc3)nc(-c3cc(-c4cc5ccccc5c5ccc6ccccc6c45)c4ccccc4c3)n2)cc1.c1ccc(-c2nc(-c3ccccc3)nc(-c3ccccc3-c3ccc(-c4cccc5c4ccc4c6ccccc6ccc54)cc3)n2)cc1. The van der Waals surface area contributed by atoms with Gasteiger partial charge in [-0.05, 0) is 188 Å². The lowest BCUT2D eigenvalue weighted by Crippen LogP contribution is -2.01. The van der Waals surface area contributed by atoms with E-state index in [1.165, 1.54) is 136 Å². The maximum Gasteiger partial charge on any atom is 0.164 e. The molecule has 3 aromatic heterocycles. The van der Waals surface area contributed by atoms with Gasteiger partial charge >= 0.3 is 0 Å². The smallest absolute Gasteiger partial charge is 0.164 e. The van der Waals surface area contributed by atoms with Crippen molar-refractivity contribution in [2.24, 2.45) is 0 Å². The molecule has 0 aliphatic rings. The van der Waals surface area contributed by atoms with E-state index >= 15 is 0 Å². The molecule has 0 saturated carbocycles. The van der Waals surface area contributed by atoms with E-state index in [1.807, 2.05) is 158 Å². The van der Waals surface area contributed by atoms with Crippen molar-refractivity contribution in [3.63, 3.8) is 0 Å². The Bertz CT molecular complexity index is 9390. The maximum absolute atomic E-state index is 5.08. The van der Waals surface area contributed by atoms with E-state index in [2.05, 4.69) is 358 Å². The highest BCUT2D eigenvalue weighted by Gasteiger charge is 2.23. The monoisotopic (exact) mass is 1810 g/mol. The number of fused-ring (bicyclic) bond motifs is 16. The summed E-state index contributed by atoms with van der Waals surface area (Å²) in [5.41, 5.74) is 20.3. The van der Waals surface area contributed by atoms with E-state index in [-0.39, 0.29) is 0 Å². The van der Waals surface area contributed by atoms with Crippen LogP contribution in [0.5, 0.6) is 0 Å². The number of nitrogens with zero attached hydrogens (tertiary/aromatic N) is 9. The molecular formula is C133H85N9. The zero-order chi connectivity index (χ0) is 94.2. The second-order valence-corrected chi connectivity index (χ2v) is 35.7. The van der Waals surface area contributed by atoms with Gasteiger partial charge in [0.25, 0.3) is 0 Å². The average molecular weight is 1810 g/mol. The topological polar surface area (TPSA) is 116 Å². The molecule has 0 saturated heterocycles. The number of hydrogen-bond acceptors (Lipinski definition) is 9. The van der Waals surface area contributed by atoms with Crippen LogP contribution >= 0.6 is 0 Å². The molecule has 662 valence electrons. The van der Waals surface area contributed by atoms with Crippen LogP contribution in [0.3, 0.4) is 0 Å². The van der Waals surface area contributed by atoms with Crippen LogP contribution in [0.4, 0.5) is 0 Å². The Balaban J connectivity index is 0.000000112. The van der Waals surface area contributed by atoms with E-state index in [1.54, 1.807) is 0 Å². The molecular weight excluding hydrogens is 1720 g/mol. The molecule has 0 N–H and O–H groups in total. The lowest BCUT2D eigenvalue weighted by atomic mass is 9.87. The van der Waals surface area contributed by atoms with Crippen molar-refractivity contribution in [2.45, 2.75) is 0 Å². The standard InChI is InChI=1S/2C45H29N3.C43H27N3/c1-3-13-33(14-4-1)43-46-44(34-15-5-2-6-16-34)48-45(47-43)42-19-10-9-18-37(42)32-24-22-31(23-25-32)36-20-11-21-38-39(36)28-29-40-35-17-8-7-12-30(35)26-27-41(38)40;1-3-11-30(12-4-1)37-16-9-10-17-38(37)32-19-22-35(23-20-32)44-46-43(34-14-5-2-6-15-34)47-45(48-44)36-24-21-33-26-27-40-39-18-8-7-13-31(39)25-28-41(40)42(33)29-36;1-3-14-29(15-4-1)41-44-42(30-16-5-2-6-17-30)46-43(45-41)33-25-31-18-8-11-21-35(31)38(27-33)39-26-32-19-9-10-20-34(32)37-24-23-28-13-7-12-22-36(28)40(37)39/h2*1-29H;1-27H. The van der Waals surface area contributed by atoms with Gasteiger partial charge in [-0.3, -0.25) is 0 Å². The summed E-state index contributed by atoms with van der Waals surface area (Å²) >= 11 is 0. The molecule has 0 aliphatic carbocycles. The number of benzene rings is 24. The molecule has 0 bridgehead atoms. The van der Waals surface area contributed by atoms with Crippen molar-refractivity contribution in [3.8, 4) is 158 Å². The molecule has 0 atom stereocenters. The van der Waals surface area contributed by atoms with Crippen molar-refractivity contribution in [2.75, 3.05) is 0 Å². The Hall–Kier alpha value is -19.1. The van der Waals surface area contributed by atoms with Crippen LogP contribution in [-0.4, -0.2) is 44.9 Å². The summed E-state index contributed by atoms with van der Waals surface area (Å²) in [7, 11) is 0. The summed E-state index contributed by atoms with van der Waals surface area (Å²) in [5.74, 6) is 5.86. The zero-order valence-corrected chi connectivity index (χ0v) is 77.1. The minimum absolute atomic E-state index is 0.644. The summed E-state index contributed by atoms with van der Waals surface area (Å²) in [6.07, 6.45) is 0. The Morgan fingerprint density at radius 1 is 0.0915 bits per heavy atom. The molecule has 0 aliphatic heterocycles. The van der Waals surface area contributed by atoms with Crippen LogP contribution in [0.1, 0.15) is 0 Å². The maximum atomic E-state index is 5.08. The molecule has 0 amide bonds. The van der Waals surface area contributed by atoms with Crippen molar-refractivity contribution in [1.29, 1.82) is 0 Å². The minimum atomic E-state index is 0.644. The number of aromatic nitrogens is 9. The molecule has 3 heterocycles. The predicted octanol–water partition coefficient (Wildman–Crippen LogP) is 34.5. The van der Waals surface area contributed by atoms with Crippen LogP contribution in [-0.2, 0) is 0 Å². The Kier molecular flexibility index (Phi) is 22.2. The van der Waals surface area contributed by atoms with Gasteiger partial charge in [0.05, 0.1) is 0 Å². The fraction of sp³-hybridized carbons (Fsp3) is 0. The molecule has 27 aromatic rings. The molecule has 9 heteroatoms. The molecule has 27 rings (SSSR count). The highest BCUT2D eigenvalue weighted by molar-refractivity contribution is 6.25. The summed E-state index contributed by atoms with van der Waals surface area (Å²) in [6.45, 7) is 0. The third-order valence-corrected chi connectivity index (χ3v) is 27.2. The van der Waals surface area contributed by atoms with Gasteiger partial charge in [-0.25, -0.2) is 44.9 Å². The lowest BCUT2D eigenvalue weighted by molar-refractivity contribution is 1.07. The molecule has 24 aromatic carbocycles. The van der Waals surface area contributed by atoms with Gasteiger partial charge in [-0.1, -0.05) is 491 Å². The van der Waals surface area contributed by atoms with E-state index in [0.29, 0.717) is 52.4 Å².